The van der Waals surface area contributed by atoms with Crippen molar-refractivity contribution in [1.82, 2.24) is 15.2 Å². The van der Waals surface area contributed by atoms with Crippen molar-refractivity contribution < 1.29 is 31.9 Å². The number of rotatable bonds is 13. The first-order chi connectivity index (χ1) is 18.7. The van der Waals surface area contributed by atoms with Gasteiger partial charge in [-0.3, -0.25) is 14.6 Å². The molecule has 1 aliphatic carbocycles. The van der Waals surface area contributed by atoms with Crippen molar-refractivity contribution in [3.05, 3.63) is 81.2 Å². The van der Waals surface area contributed by atoms with Gasteiger partial charge in [-0.15, -0.1) is 0 Å². The third-order valence-corrected chi connectivity index (χ3v) is 8.25. The molecule has 1 unspecified atom stereocenters. The normalized spacial score (nSPS) is 14.2. The van der Waals surface area contributed by atoms with Gasteiger partial charge in [-0.1, -0.05) is 0 Å². The van der Waals surface area contributed by atoms with E-state index in [0.717, 1.165) is 22.5 Å². The molecule has 1 heterocycles. The van der Waals surface area contributed by atoms with Gasteiger partial charge in [-0.25, -0.2) is 27.4 Å². The van der Waals surface area contributed by atoms with Crippen LogP contribution in [0.25, 0.3) is 0 Å². The fourth-order valence-corrected chi connectivity index (χ4v) is 5.49. The smallest absolute Gasteiger partial charge is 0.277 e. The maximum Gasteiger partial charge on any atom is 0.277 e. The number of hydroxylamine groups is 1. The first kappa shape index (κ1) is 29.3. The van der Waals surface area contributed by atoms with Gasteiger partial charge in [-0.2, -0.15) is 0 Å². The van der Waals surface area contributed by atoms with E-state index in [4.69, 9.17) is 4.84 Å². The number of amides is 1. The number of aromatic nitrogens is 1. The van der Waals surface area contributed by atoms with E-state index in [2.05, 4.69) is 43.1 Å². The number of nitrogens with zero attached hydrogens (tertiary/aromatic N) is 1. The number of carbonyl (C=O) groups excluding carboxylic acids is 1. The summed E-state index contributed by atoms with van der Waals surface area (Å²) in [5.41, 5.74) is 2.09. The number of pyridine rings is 1. The Morgan fingerprint density at radius 3 is 2.46 bits per heavy atom. The molecule has 0 saturated heterocycles. The van der Waals surface area contributed by atoms with Crippen molar-refractivity contribution >= 4 is 49.9 Å². The Morgan fingerprint density at radius 1 is 1.13 bits per heavy atom. The summed E-state index contributed by atoms with van der Waals surface area (Å²) in [6.07, 6.45) is 5.28. The number of carbonyl (C=O) groups is 1. The van der Waals surface area contributed by atoms with E-state index in [1.54, 1.807) is 36.4 Å². The summed E-state index contributed by atoms with van der Waals surface area (Å²) in [4.78, 5) is 21.1. The van der Waals surface area contributed by atoms with Crippen molar-refractivity contribution in [2.75, 3.05) is 18.5 Å². The highest BCUT2D eigenvalue weighted by Gasteiger charge is 2.31. The van der Waals surface area contributed by atoms with Crippen molar-refractivity contribution in [3.63, 3.8) is 0 Å². The van der Waals surface area contributed by atoms with Gasteiger partial charge in [0.25, 0.3) is 5.91 Å². The third kappa shape index (κ3) is 7.69. The van der Waals surface area contributed by atoms with Gasteiger partial charge in [-0.05, 0) is 102 Å². The fraction of sp³-hybridized carbons (Fsp3) is 0.308. The molecule has 0 spiro atoms. The topological polar surface area (TPSA) is 130 Å². The van der Waals surface area contributed by atoms with E-state index in [1.807, 2.05) is 0 Å². The Kier molecular flexibility index (Phi) is 9.82. The Balaban J connectivity index is 1.71. The van der Waals surface area contributed by atoms with Crippen LogP contribution >= 0.6 is 22.6 Å². The van der Waals surface area contributed by atoms with Crippen LogP contribution in [0.4, 0.5) is 20.2 Å². The summed E-state index contributed by atoms with van der Waals surface area (Å²) >= 11 is 2.08. The molecule has 1 saturated carbocycles. The van der Waals surface area contributed by atoms with Gasteiger partial charge in [0, 0.05) is 34.3 Å². The van der Waals surface area contributed by atoms with Crippen LogP contribution in [0.15, 0.2) is 59.8 Å². The maximum absolute atomic E-state index is 15.5. The van der Waals surface area contributed by atoms with Crippen LogP contribution in [0.3, 0.4) is 0 Å². The van der Waals surface area contributed by atoms with E-state index < -0.39 is 49.8 Å². The predicted molar refractivity (Wildman–Crippen MR) is 149 cm³/mol. The second kappa shape index (κ2) is 13.1. The number of nitrogens with one attached hydrogen (secondary N) is 3. The van der Waals surface area contributed by atoms with Crippen LogP contribution in [0.1, 0.15) is 47.6 Å². The van der Waals surface area contributed by atoms with Gasteiger partial charge in [0.05, 0.1) is 17.9 Å². The Morgan fingerprint density at radius 2 is 1.82 bits per heavy atom. The highest BCUT2D eigenvalue weighted by atomic mass is 127. The summed E-state index contributed by atoms with van der Waals surface area (Å²) in [6, 6.07) is 9.73. The second-order valence-electron chi connectivity index (χ2n) is 9.06. The number of aliphatic hydroxyl groups excluding tert-OH is 1. The fourth-order valence-electron chi connectivity index (χ4n) is 3.78. The molecular formula is C26H27F2IN4O5S. The van der Waals surface area contributed by atoms with E-state index in [0.29, 0.717) is 17.2 Å². The minimum absolute atomic E-state index is 0.179. The molecule has 1 aromatic heterocycles. The van der Waals surface area contributed by atoms with E-state index >= 15 is 8.78 Å². The van der Waals surface area contributed by atoms with Gasteiger partial charge in [0.1, 0.15) is 4.90 Å². The summed E-state index contributed by atoms with van der Waals surface area (Å²) in [6.45, 7) is 0.0524. The average Bonchev–Trinajstić information content (AvgIpc) is 3.75. The lowest BCUT2D eigenvalue weighted by molar-refractivity contribution is 0.0270. The van der Waals surface area contributed by atoms with E-state index in [9.17, 15) is 18.3 Å². The molecule has 1 amide bonds. The second-order valence-corrected chi connectivity index (χ2v) is 12.0. The van der Waals surface area contributed by atoms with Gasteiger partial charge in [0.15, 0.2) is 11.6 Å². The number of halogens is 3. The molecule has 4 N–H and O–H groups in total. The summed E-state index contributed by atoms with van der Waals surface area (Å²) in [5, 5.41) is 12.0. The number of benzene rings is 2. The molecule has 13 heteroatoms. The van der Waals surface area contributed by atoms with Crippen LogP contribution in [-0.2, 0) is 14.9 Å². The molecule has 4 rings (SSSR count). The molecule has 1 atom stereocenters. The first-order valence-corrected chi connectivity index (χ1v) is 14.8. The number of anilines is 2. The molecule has 39 heavy (non-hydrogen) atoms. The van der Waals surface area contributed by atoms with Crippen LogP contribution in [0, 0.1) is 21.1 Å². The molecular weight excluding hydrogens is 645 g/mol. The van der Waals surface area contributed by atoms with Crippen molar-refractivity contribution in [3.8, 4) is 0 Å². The third-order valence-electron chi connectivity index (χ3n) is 6.06. The lowest BCUT2D eigenvalue weighted by Crippen LogP contribution is -2.31. The zero-order chi connectivity index (χ0) is 28.0. The van der Waals surface area contributed by atoms with Gasteiger partial charge < -0.3 is 10.4 Å². The van der Waals surface area contributed by atoms with E-state index in [1.165, 1.54) is 12.4 Å². The lowest BCUT2D eigenvalue weighted by Gasteiger charge is -2.21. The Bertz CT molecular complexity index is 1410. The minimum Gasteiger partial charge on any atom is -0.396 e. The first-order valence-electron chi connectivity index (χ1n) is 12.2. The minimum atomic E-state index is -4.68. The van der Waals surface area contributed by atoms with Crippen LogP contribution < -0.4 is 15.5 Å². The summed E-state index contributed by atoms with van der Waals surface area (Å²) in [5.74, 6) is -3.82. The van der Waals surface area contributed by atoms with Gasteiger partial charge >= 0.3 is 0 Å². The monoisotopic (exact) mass is 672 g/mol. The number of hydrogen-bond acceptors (Lipinski definition) is 7. The van der Waals surface area contributed by atoms with E-state index in [-0.39, 0.29) is 26.1 Å². The highest BCUT2D eigenvalue weighted by molar-refractivity contribution is 14.1. The molecule has 0 bridgehead atoms. The van der Waals surface area contributed by atoms with Gasteiger partial charge in [0.2, 0.25) is 10.0 Å². The highest BCUT2D eigenvalue weighted by Crippen LogP contribution is 2.33. The number of sulfonamides is 1. The quantitative estimate of drug-likeness (QED) is 0.155. The molecule has 0 radical (unpaired) electrons. The molecule has 2 aromatic carbocycles. The average molecular weight is 672 g/mol. The molecule has 0 aliphatic heterocycles. The molecule has 1 fully saturated rings. The zero-order valence-electron chi connectivity index (χ0n) is 20.7. The largest absolute Gasteiger partial charge is 0.396 e. The van der Waals surface area contributed by atoms with Crippen LogP contribution in [-0.4, -0.2) is 37.6 Å². The molecule has 9 nitrogen and oxygen atoms in total. The number of hydrogen-bond donors (Lipinski definition) is 4. The Labute approximate surface area is 238 Å². The summed E-state index contributed by atoms with van der Waals surface area (Å²) in [7, 11) is -4.68. The predicted octanol–water partition coefficient (Wildman–Crippen LogP) is 4.57. The maximum atomic E-state index is 15.5. The molecule has 3 aromatic rings. The van der Waals surface area contributed by atoms with Crippen LogP contribution in [0.2, 0.25) is 0 Å². The van der Waals surface area contributed by atoms with Crippen molar-refractivity contribution in [2.45, 2.75) is 36.6 Å². The summed E-state index contributed by atoms with van der Waals surface area (Å²) < 4.78 is 60.9. The molecule has 208 valence electrons. The number of aliphatic hydroxyl groups is 1. The lowest BCUT2D eigenvalue weighted by atomic mass is 10.0. The SMILES string of the molecule is O=C(NOCC1CC1)c1cc(S(=O)(=O)NC(CCCO)c2ccncc2)c(F)c(F)c1Nc1ccc(I)cc1. The zero-order valence-corrected chi connectivity index (χ0v) is 23.6. The molecule has 1 aliphatic rings. The van der Waals surface area contributed by atoms with Crippen LogP contribution in [0.5, 0.6) is 0 Å². The standard InChI is InChI=1S/C26H27F2IN4O5S/c27-23-22(39(36,37)33-21(2-1-13-34)17-9-11-30-12-10-17)14-20(26(35)32-38-15-16-3-4-16)25(24(23)28)31-19-7-5-18(29)6-8-19/h5-12,14,16,21,31,33-34H,1-4,13,15H2,(H,32,35). The van der Waals surface area contributed by atoms with Crippen molar-refractivity contribution in [1.29, 1.82) is 0 Å². The Hall–Kier alpha value is -2.72. The van der Waals surface area contributed by atoms with Crippen molar-refractivity contribution in [2.24, 2.45) is 5.92 Å².